The van der Waals surface area contributed by atoms with Gasteiger partial charge in [0.05, 0.1) is 11.2 Å². The molecule has 0 unspecified atom stereocenters. The van der Waals surface area contributed by atoms with E-state index in [2.05, 4.69) is 30.1 Å². The Morgan fingerprint density at radius 2 is 1.25 bits per heavy atom. The van der Waals surface area contributed by atoms with E-state index in [1.54, 1.807) is 27.7 Å². The standard InChI is InChI=1S/C17H26O2Si/c1-16(2,18)11-13-20(5,14-12-17(3,4)19)15-9-7-6-8-10-15/h6-14,18-19H,1-5H3. The molecule has 3 heteroatoms. The van der Waals surface area contributed by atoms with Crippen LogP contribution in [0.5, 0.6) is 0 Å². The van der Waals surface area contributed by atoms with Gasteiger partial charge in [-0.05, 0) is 27.7 Å². The first-order valence-electron chi connectivity index (χ1n) is 6.93. The van der Waals surface area contributed by atoms with E-state index in [-0.39, 0.29) is 0 Å². The summed E-state index contributed by atoms with van der Waals surface area (Å²) in [5, 5.41) is 21.1. The predicted octanol–water partition coefficient (Wildman–Crippen LogP) is 2.70. The van der Waals surface area contributed by atoms with Crippen molar-refractivity contribution in [1.82, 2.24) is 0 Å². The van der Waals surface area contributed by atoms with Gasteiger partial charge in [-0.15, -0.1) is 0 Å². The second-order valence-corrected chi connectivity index (χ2v) is 10.4. The Morgan fingerprint density at radius 1 is 0.850 bits per heavy atom. The van der Waals surface area contributed by atoms with Crippen molar-refractivity contribution in [3.05, 3.63) is 53.9 Å². The summed E-state index contributed by atoms with van der Waals surface area (Å²) in [4.78, 5) is 0. The van der Waals surface area contributed by atoms with Crippen LogP contribution in [0.3, 0.4) is 0 Å². The van der Waals surface area contributed by atoms with E-state index in [4.69, 9.17) is 0 Å². The molecule has 0 aliphatic rings. The molecule has 0 saturated carbocycles. The van der Waals surface area contributed by atoms with E-state index in [1.807, 2.05) is 30.4 Å². The maximum absolute atomic E-state index is 9.92. The molecule has 0 spiro atoms. The summed E-state index contributed by atoms with van der Waals surface area (Å²) in [6.07, 6.45) is 3.70. The third-order valence-corrected chi connectivity index (χ3v) is 6.37. The molecule has 0 bridgehead atoms. The van der Waals surface area contributed by atoms with E-state index in [0.29, 0.717) is 0 Å². The quantitative estimate of drug-likeness (QED) is 0.819. The largest absolute Gasteiger partial charge is 0.386 e. The average Bonchev–Trinajstić information content (AvgIpc) is 2.33. The van der Waals surface area contributed by atoms with E-state index >= 15 is 0 Å². The van der Waals surface area contributed by atoms with Gasteiger partial charge in [0.15, 0.2) is 0 Å². The van der Waals surface area contributed by atoms with Gasteiger partial charge in [-0.25, -0.2) is 0 Å². The highest BCUT2D eigenvalue weighted by atomic mass is 28.3. The van der Waals surface area contributed by atoms with Crippen LogP contribution in [0.2, 0.25) is 6.55 Å². The van der Waals surface area contributed by atoms with Crippen LogP contribution in [-0.4, -0.2) is 29.5 Å². The number of rotatable bonds is 5. The molecule has 1 aromatic carbocycles. The molecule has 0 fully saturated rings. The zero-order valence-electron chi connectivity index (χ0n) is 13.1. The molecule has 0 amide bonds. The van der Waals surface area contributed by atoms with Gasteiger partial charge in [-0.1, -0.05) is 65.6 Å². The number of benzene rings is 1. The zero-order valence-corrected chi connectivity index (χ0v) is 14.1. The van der Waals surface area contributed by atoms with Crippen LogP contribution >= 0.6 is 0 Å². The molecule has 0 atom stereocenters. The lowest BCUT2D eigenvalue weighted by Gasteiger charge is -2.24. The van der Waals surface area contributed by atoms with Gasteiger partial charge in [-0.3, -0.25) is 0 Å². The molecular formula is C17H26O2Si. The lowest BCUT2D eigenvalue weighted by molar-refractivity contribution is 0.133. The molecule has 0 aromatic heterocycles. The van der Waals surface area contributed by atoms with E-state index in [1.165, 1.54) is 5.19 Å². The number of hydrogen-bond donors (Lipinski definition) is 2. The van der Waals surface area contributed by atoms with Crippen molar-refractivity contribution in [3.8, 4) is 0 Å². The third kappa shape index (κ3) is 5.86. The average molecular weight is 290 g/mol. The fourth-order valence-electron chi connectivity index (χ4n) is 1.80. The van der Waals surface area contributed by atoms with Gasteiger partial charge in [-0.2, -0.15) is 0 Å². The van der Waals surface area contributed by atoms with Crippen molar-refractivity contribution in [3.63, 3.8) is 0 Å². The molecule has 0 aliphatic heterocycles. The monoisotopic (exact) mass is 290 g/mol. The first-order valence-corrected chi connectivity index (χ1v) is 9.58. The Hall–Kier alpha value is -1.16. The Kier molecular flexibility index (Phi) is 5.14. The highest BCUT2D eigenvalue weighted by Gasteiger charge is 2.25. The molecule has 0 heterocycles. The van der Waals surface area contributed by atoms with Gasteiger partial charge >= 0.3 is 0 Å². The Bertz CT molecular complexity index is 452. The van der Waals surface area contributed by atoms with Crippen LogP contribution in [-0.2, 0) is 0 Å². The van der Waals surface area contributed by atoms with E-state index in [0.717, 1.165) is 0 Å². The summed E-state index contributed by atoms with van der Waals surface area (Å²) in [6.45, 7) is 9.27. The smallest absolute Gasteiger partial charge is 0.130 e. The summed E-state index contributed by atoms with van der Waals surface area (Å²) in [5.41, 5.74) is 2.58. The predicted molar refractivity (Wildman–Crippen MR) is 88.6 cm³/mol. The van der Waals surface area contributed by atoms with Crippen LogP contribution in [0.4, 0.5) is 0 Å². The minimum atomic E-state index is -2.03. The molecule has 0 saturated heterocycles. The lowest BCUT2D eigenvalue weighted by Crippen LogP contribution is -2.42. The van der Waals surface area contributed by atoms with Crippen LogP contribution in [0, 0.1) is 0 Å². The summed E-state index contributed by atoms with van der Waals surface area (Å²) in [6, 6.07) is 10.3. The molecule has 1 aromatic rings. The third-order valence-electron chi connectivity index (χ3n) is 3.07. The molecule has 20 heavy (non-hydrogen) atoms. The van der Waals surface area contributed by atoms with Crippen molar-refractivity contribution >= 4 is 13.3 Å². The fourth-order valence-corrected chi connectivity index (χ4v) is 4.71. The molecule has 2 N–H and O–H groups in total. The van der Waals surface area contributed by atoms with Crippen molar-refractivity contribution < 1.29 is 10.2 Å². The topological polar surface area (TPSA) is 40.5 Å². The minimum absolute atomic E-state index is 0.828. The summed E-state index contributed by atoms with van der Waals surface area (Å²) in [5.74, 6) is 0. The van der Waals surface area contributed by atoms with Crippen LogP contribution in [0.1, 0.15) is 27.7 Å². The van der Waals surface area contributed by atoms with Crippen LogP contribution in [0.25, 0.3) is 0 Å². The van der Waals surface area contributed by atoms with Gasteiger partial charge in [0.25, 0.3) is 0 Å². The van der Waals surface area contributed by atoms with Crippen molar-refractivity contribution in [2.24, 2.45) is 0 Å². The fraction of sp³-hybridized carbons (Fsp3) is 0.412. The summed E-state index contributed by atoms with van der Waals surface area (Å²) >= 11 is 0. The molecule has 2 nitrogen and oxygen atoms in total. The van der Waals surface area contributed by atoms with E-state index < -0.39 is 19.3 Å². The van der Waals surface area contributed by atoms with Gasteiger partial charge in [0.1, 0.15) is 8.07 Å². The minimum Gasteiger partial charge on any atom is -0.386 e. The van der Waals surface area contributed by atoms with Gasteiger partial charge in [0.2, 0.25) is 0 Å². The maximum atomic E-state index is 9.92. The molecule has 1 rings (SSSR count). The van der Waals surface area contributed by atoms with Gasteiger partial charge in [0, 0.05) is 0 Å². The lowest BCUT2D eigenvalue weighted by atomic mass is 10.1. The molecule has 0 aliphatic carbocycles. The first-order chi connectivity index (χ1) is 9.02. The Balaban J connectivity index is 3.20. The van der Waals surface area contributed by atoms with Crippen molar-refractivity contribution in [2.45, 2.75) is 45.4 Å². The highest BCUT2D eigenvalue weighted by Crippen LogP contribution is 2.14. The van der Waals surface area contributed by atoms with Crippen molar-refractivity contribution in [1.29, 1.82) is 0 Å². The SMILES string of the molecule is CC(C)(O)C=C[Si](C)(C=CC(C)(C)O)c1ccccc1. The Morgan fingerprint density at radius 3 is 1.60 bits per heavy atom. The maximum Gasteiger partial charge on any atom is 0.130 e. The van der Waals surface area contributed by atoms with Gasteiger partial charge < -0.3 is 10.2 Å². The summed E-state index contributed by atoms with van der Waals surface area (Å²) in [7, 11) is -2.03. The normalized spacial score (nSPS) is 16.8. The number of hydrogen-bond acceptors (Lipinski definition) is 2. The van der Waals surface area contributed by atoms with Crippen LogP contribution < -0.4 is 5.19 Å². The second-order valence-electron chi connectivity index (χ2n) is 6.62. The molecule has 0 radical (unpaired) electrons. The highest BCUT2D eigenvalue weighted by molar-refractivity contribution is 6.98. The van der Waals surface area contributed by atoms with E-state index in [9.17, 15) is 10.2 Å². The molecule has 110 valence electrons. The molecular weight excluding hydrogens is 264 g/mol. The number of aliphatic hydroxyl groups is 2. The summed E-state index contributed by atoms with van der Waals surface area (Å²) < 4.78 is 0. The van der Waals surface area contributed by atoms with Crippen LogP contribution in [0.15, 0.2) is 53.9 Å². The first kappa shape index (κ1) is 16.9. The van der Waals surface area contributed by atoms with Crippen molar-refractivity contribution in [2.75, 3.05) is 0 Å². The second kappa shape index (κ2) is 6.08. The Labute approximate surface area is 123 Å². The zero-order chi connectivity index (χ0) is 15.4.